The molecule has 0 atom stereocenters. The molecule has 1 spiro atoms. The fourth-order valence-corrected chi connectivity index (χ4v) is 10.0. The summed E-state index contributed by atoms with van der Waals surface area (Å²) in [4.78, 5) is 4.26. The monoisotopic (exact) mass is 800 g/mol. The van der Waals surface area contributed by atoms with Crippen LogP contribution < -0.4 is 9.80 Å². The molecule has 0 saturated carbocycles. The Balaban J connectivity index is 1.26. The number of rotatable bonds is 6. The second-order valence-electron chi connectivity index (χ2n) is 15.7. The zero-order valence-electron chi connectivity index (χ0n) is 33.7. The van der Waals surface area contributed by atoms with Crippen LogP contribution in [0, 0.1) is 45.3 Å². The van der Waals surface area contributed by atoms with E-state index in [1.165, 1.54) is 0 Å². The van der Waals surface area contributed by atoms with Gasteiger partial charge in [-0.15, -0.1) is 0 Å². The normalized spacial score (nSPS) is 12.2. The number of nitrogens with zero attached hydrogens (tertiary/aromatic N) is 6. The van der Waals surface area contributed by atoms with Crippen molar-refractivity contribution in [1.29, 1.82) is 21.0 Å². The van der Waals surface area contributed by atoms with E-state index in [0.717, 1.165) is 89.4 Å². The third kappa shape index (κ3) is 5.40. The molecule has 0 saturated heterocycles. The van der Waals surface area contributed by atoms with Crippen molar-refractivity contribution >= 4 is 44.9 Å². The van der Waals surface area contributed by atoms with Gasteiger partial charge in [0.15, 0.2) is 0 Å². The van der Waals surface area contributed by atoms with Gasteiger partial charge in [0.1, 0.15) is 12.1 Å². The Morgan fingerprint density at radius 1 is 0.333 bits per heavy atom. The predicted molar refractivity (Wildman–Crippen MR) is 248 cm³/mol. The lowest BCUT2D eigenvalue weighted by Crippen LogP contribution is -2.26. The second-order valence-corrected chi connectivity index (χ2v) is 15.7. The molecule has 9 aromatic rings. The van der Waals surface area contributed by atoms with Gasteiger partial charge in [0, 0.05) is 22.4 Å². The van der Waals surface area contributed by atoms with Crippen LogP contribution >= 0.6 is 0 Å². The van der Waals surface area contributed by atoms with Crippen molar-refractivity contribution in [2.45, 2.75) is 5.41 Å². The van der Waals surface area contributed by atoms with E-state index in [1.807, 2.05) is 97.1 Å². The molecule has 0 bridgehead atoms. The number of fused-ring (bicyclic) bond motifs is 12. The summed E-state index contributed by atoms with van der Waals surface area (Å²) in [6.45, 7) is 0. The highest BCUT2D eigenvalue weighted by molar-refractivity contribution is 6.12. The molecule has 2 aliphatic carbocycles. The second kappa shape index (κ2) is 14.5. The maximum absolute atomic E-state index is 10.6. The molecule has 6 nitrogen and oxygen atoms in total. The van der Waals surface area contributed by atoms with Gasteiger partial charge in [-0.05, 0) is 141 Å². The first-order chi connectivity index (χ1) is 31.1. The summed E-state index contributed by atoms with van der Waals surface area (Å²) in [5.41, 5.74) is 15.2. The van der Waals surface area contributed by atoms with Gasteiger partial charge >= 0.3 is 0 Å². The van der Waals surface area contributed by atoms with E-state index in [4.69, 9.17) is 0 Å². The molecular formula is C57H32N6. The largest absolute Gasteiger partial charge is 0.309 e. The summed E-state index contributed by atoms with van der Waals surface area (Å²) < 4.78 is 0. The number of benzene rings is 9. The molecule has 0 heterocycles. The summed E-state index contributed by atoms with van der Waals surface area (Å²) in [7, 11) is 0. The molecule has 0 amide bonds. The molecule has 0 N–H and O–H groups in total. The standard InChI is InChI=1S/C57H32N6/c58-33-37-21-25-41(26-22-37)62(53-19-9-1-11-39(53)35-60)43-29-30-48-51(31-43)57(49-17-7-5-13-44(49)45-14-6-8-18-50(45)57)52-32-55(46-15-3-4-16-47(46)56(48)52)63(42-27-23-38(34-59)24-28-42)54-20-10-2-12-40(54)36-61/h1-32H. The van der Waals surface area contributed by atoms with E-state index in [1.54, 1.807) is 0 Å². The van der Waals surface area contributed by atoms with Gasteiger partial charge < -0.3 is 9.80 Å². The first kappa shape index (κ1) is 36.8. The minimum Gasteiger partial charge on any atom is -0.309 e. The molecule has 290 valence electrons. The highest BCUT2D eigenvalue weighted by Crippen LogP contribution is 2.65. The van der Waals surface area contributed by atoms with Crippen LogP contribution in [-0.4, -0.2) is 0 Å². The van der Waals surface area contributed by atoms with Gasteiger partial charge in [-0.2, -0.15) is 21.0 Å². The predicted octanol–water partition coefficient (Wildman–Crippen LogP) is 13.6. The maximum atomic E-state index is 10.6. The fourth-order valence-electron chi connectivity index (χ4n) is 10.0. The molecular weight excluding hydrogens is 769 g/mol. The van der Waals surface area contributed by atoms with Crippen LogP contribution in [0.4, 0.5) is 34.1 Å². The number of nitriles is 4. The molecule has 6 heteroatoms. The summed E-state index contributed by atoms with van der Waals surface area (Å²) in [6.07, 6.45) is 0. The summed E-state index contributed by atoms with van der Waals surface area (Å²) in [5, 5.41) is 42.6. The Kier molecular flexibility index (Phi) is 8.49. The first-order valence-corrected chi connectivity index (χ1v) is 20.6. The minimum absolute atomic E-state index is 0.520. The summed E-state index contributed by atoms with van der Waals surface area (Å²) in [6, 6.07) is 74.5. The molecule has 0 aromatic heterocycles. The van der Waals surface area contributed by atoms with Crippen LogP contribution in [0.3, 0.4) is 0 Å². The molecule has 0 radical (unpaired) electrons. The smallest absolute Gasteiger partial charge is 0.101 e. The Labute approximate surface area is 364 Å². The van der Waals surface area contributed by atoms with Gasteiger partial charge in [-0.25, -0.2) is 0 Å². The van der Waals surface area contributed by atoms with Crippen molar-refractivity contribution in [2.75, 3.05) is 9.80 Å². The topological polar surface area (TPSA) is 102 Å². The zero-order valence-corrected chi connectivity index (χ0v) is 33.7. The number of hydrogen-bond donors (Lipinski definition) is 0. The fraction of sp³-hybridized carbons (Fsp3) is 0.0175. The highest BCUT2D eigenvalue weighted by atomic mass is 15.2. The van der Waals surface area contributed by atoms with Gasteiger partial charge in [0.2, 0.25) is 0 Å². The molecule has 0 aliphatic heterocycles. The maximum Gasteiger partial charge on any atom is 0.101 e. The van der Waals surface area contributed by atoms with Crippen LogP contribution in [0.15, 0.2) is 194 Å². The van der Waals surface area contributed by atoms with E-state index < -0.39 is 5.41 Å². The van der Waals surface area contributed by atoms with E-state index in [-0.39, 0.29) is 0 Å². The Morgan fingerprint density at radius 2 is 0.810 bits per heavy atom. The van der Waals surface area contributed by atoms with Crippen molar-refractivity contribution in [3.05, 3.63) is 239 Å². The average molecular weight is 801 g/mol. The highest BCUT2D eigenvalue weighted by Gasteiger charge is 2.52. The average Bonchev–Trinajstić information content (AvgIpc) is 3.82. The van der Waals surface area contributed by atoms with Gasteiger partial charge in [0.05, 0.1) is 56.9 Å². The van der Waals surface area contributed by atoms with Gasteiger partial charge in [-0.1, -0.05) is 103 Å². The van der Waals surface area contributed by atoms with Gasteiger partial charge in [0.25, 0.3) is 0 Å². The summed E-state index contributed by atoms with van der Waals surface area (Å²) in [5.74, 6) is 0. The quantitative estimate of drug-likeness (QED) is 0.166. The SMILES string of the molecule is N#Cc1ccc(N(c2ccc3c(c2)C2(c4ccccc4-c4ccccc42)c2cc(N(c4ccc(C#N)cc4)c4ccccc4C#N)c4ccccc4c2-3)c2ccccc2C#N)cc1. The molecule has 63 heavy (non-hydrogen) atoms. The van der Waals surface area contributed by atoms with Crippen LogP contribution in [0.25, 0.3) is 33.0 Å². The third-order valence-corrected chi connectivity index (χ3v) is 12.6. The van der Waals surface area contributed by atoms with Crippen LogP contribution in [0.5, 0.6) is 0 Å². The zero-order chi connectivity index (χ0) is 42.7. The van der Waals surface area contributed by atoms with Crippen LogP contribution in [0.2, 0.25) is 0 Å². The van der Waals surface area contributed by atoms with E-state index in [0.29, 0.717) is 22.3 Å². The van der Waals surface area contributed by atoms with Crippen molar-refractivity contribution in [2.24, 2.45) is 0 Å². The Hall–Kier alpha value is -9.20. The lowest BCUT2D eigenvalue weighted by molar-refractivity contribution is 0.794. The minimum atomic E-state index is -0.789. The molecule has 11 rings (SSSR count). The van der Waals surface area contributed by atoms with Crippen LogP contribution in [0.1, 0.15) is 44.5 Å². The molecule has 9 aromatic carbocycles. The van der Waals surface area contributed by atoms with Crippen molar-refractivity contribution in [3.63, 3.8) is 0 Å². The lowest BCUT2D eigenvalue weighted by Gasteiger charge is -2.34. The van der Waals surface area contributed by atoms with E-state index in [2.05, 4.69) is 131 Å². The summed E-state index contributed by atoms with van der Waals surface area (Å²) >= 11 is 0. The first-order valence-electron chi connectivity index (χ1n) is 20.6. The lowest BCUT2D eigenvalue weighted by atomic mass is 9.70. The Morgan fingerprint density at radius 3 is 1.38 bits per heavy atom. The van der Waals surface area contributed by atoms with Crippen molar-refractivity contribution in [3.8, 4) is 46.5 Å². The van der Waals surface area contributed by atoms with Crippen molar-refractivity contribution in [1.82, 2.24) is 0 Å². The molecule has 0 unspecified atom stereocenters. The van der Waals surface area contributed by atoms with Crippen LogP contribution in [-0.2, 0) is 5.41 Å². The molecule has 0 fully saturated rings. The number of para-hydroxylation sites is 2. The molecule has 2 aliphatic rings. The van der Waals surface area contributed by atoms with E-state index in [9.17, 15) is 21.0 Å². The van der Waals surface area contributed by atoms with E-state index >= 15 is 0 Å². The Bertz CT molecular complexity index is 3480. The number of anilines is 6. The van der Waals surface area contributed by atoms with Crippen molar-refractivity contribution < 1.29 is 0 Å². The van der Waals surface area contributed by atoms with Gasteiger partial charge in [-0.3, -0.25) is 0 Å². The number of hydrogen-bond acceptors (Lipinski definition) is 6. The third-order valence-electron chi connectivity index (χ3n) is 12.6.